The van der Waals surface area contributed by atoms with Crippen LogP contribution < -0.4 is 4.74 Å². The molecule has 2 rings (SSSR count). The fraction of sp³-hybridized carbons (Fsp3) is 0.364. The molecule has 0 saturated heterocycles. The molecule has 1 aliphatic rings. The van der Waals surface area contributed by atoms with E-state index in [2.05, 4.69) is 0 Å². The summed E-state index contributed by atoms with van der Waals surface area (Å²) in [5.41, 5.74) is 0.774. The molecule has 1 atom stereocenters. The number of carboxylic acids is 1. The summed E-state index contributed by atoms with van der Waals surface area (Å²) in [7, 11) is 0. The highest BCUT2D eigenvalue weighted by atomic mass is 32.2. The molecule has 1 heterocycles. The van der Waals surface area contributed by atoms with E-state index >= 15 is 0 Å². The summed E-state index contributed by atoms with van der Waals surface area (Å²) in [4.78, 5) is 11.4. The number of aliphatic carboxylic acids is 1. The van der Waals surface area contributed by atoms with Gasteiger partial charge in [0.2, 0.25) is 0 Å². The molecule has 4 heteroatoms. The van der Waals surface area contributed by atoms with Crippen molar-refractivity contribution >= 4 is 17.7 Å². The monoisotopic (exact) mass is 224 g/mol. The average molecular weight is 224 g/mol. The largest absolute Gasteiger partial charge is 0.493 e. The minimum atomic E-state index is -0.838. The van der Waals surface area contributed by atoms with Crippen molar-refractivity contribution in [1.82, 2.24) is 0 Å². The third-order valence-electron chi connectivity index (χ3n) is 2.73. The predicted octanol–water partition coefficient (Wildman–Crippen LogP) is 2.11. The Bertz CT molecular complexity index is 391. The fourth-order valence-corrected chi connectivity index (χ4v) is 2.74. The topological polar surface area (TPSA) is 46.5 Å². The lowest BCUT2D eigenvalue weighted by molar-refractivity contribution is -0.141. The zero-order valence-electron chi connectivity index (χ0n) is 8.40. The second-order valence-electron chi connectivity index (χ2n) is 3.43. The number of fused-ring (bicyclic) bond motifs is 1. The second-order valence-corrected chi connectivity index (χ2v) is 4.54. The Morgan fingerprint density at radius 3 is 2.93 bits per heavy atom. The molecule has 0 fully saturated rings. The van der Waals surface area contributed by atoms with Gasteiger partial charge in [-0.05, 0) is 12.3 Å². The first kappa shape index (κ1) is 10.4. The van der Waals surface area contributed by atoms with Crippen LogP contribution in [0.3, 0.4) is 0 Å². The SMILES string of the molecule is CSC1(C(=O)O)CCOc2ccccc21. The molecule has 1 N–H and O–H groups in total. The standard InChI is InChI=1S/C11H12O3S/c1-15-11(10(12)13)6-7-14-9-5-3-2-4-8(9)11/h2-5H,6-7H2,1H3,(H,12,13). The Morgan fingerprint density at radius 2 is 2.27 bits per heavy atom. The van der Waals surface area contributed by atoms with Crippen molar-refractivity contribution < 1.29 is 14.6 Å². The fourth-order valence-electron chi connectivity index (χ4n) is 1.89. The Kier molecular flexibility index (Phi) is 2.61. The molecule has 3 nitrogen and oxygen atoms in total. The number of carbonyl (C=O) groups is 1. The molecule has 80 valence electrons. The molecule has 0 saturated carbocycles. The van der Waals surface area contributed by atoms with E-state index in [1.807, 2.05) is 30.5 Å². The van der Waals surface area contributed by atoms with Gasteiger partial charge in [0.25, 0.3) is 0 Å². The molecule has 0 bridgehead atoms. The zero-order valence-corrected chi connectivity index (χ0v) is 9.21. The third-order valence-corrected chi connectivity index (χ3v) is 4.02. The van der Waals surface area contributed by atoms with Crippen molar-refractivity contribution in [3.8, 4) is 5.75 Å². The van der Waals surface area contributed by atoms with Gasteiger partial charge in [-0.25, -0.2) is 0 Å². The molecular formula is C11H12O3S. The Labute approximate surface area is 92.4 Å². The maximum Gasteiger partial charge on any atom is 0.324 e. The second kappa shape index (κ2) is 3.77. The molecule has 1 aromatic carbocycles. The first-order valence-electron chi connectivity index (χ1n) is 4.71. The van der Waals surface area contributed by atoms with E-state index < -0.39 is 10.7 Å². The highest BCUT2D eigenvalue weighted by molar-refractivity contribution is 8.00. The van der Waals surface area contributed by atoms with Crippen LogP contribution in [-0.4, -0.2) is 23.9 Å². The average Bonchev–Trinajstić information content (AvgIpc) is 2.28. The van der Waals surface area contributed by atoms with Crippen LogP contribution in [0.15, 0.2) is 24.3 Å². The molecule has 0 aromatic heterocycles. The van der Waals surface area contributed by atoms with E-state index in [0.717, 1.165) is 5.56 Å². The zero-order chi connectivity index (χ0) is 10.9. The van der Waals surface area contributed by atoms with Gasteiger partial charge in [-0.15, -0.1) is 11.8 Å². The number of hydrogen-bond acceptors (Lipinski definition) is 3. The maximum atomic E-state index is 11.4. The van der Waals surface area contributed by atoms with Crippen LogP contribution in [0.5, 0.6) is 5.75 Å². The molecule has 0 aliphatic carbocycles. The number of ether oxygens (including phenoxy) is 1. The van der Waals surface area contributed by atoms with Gasteiger partial charge in [-0.1, -0.05) is 18.2 Å². The van der Waals surface area contributed by atoms with Crippen LogP contribution in [0.4, 0.5) is 0 Å². The normalized spacial score (nSPS) is 24.1. The maximum absolute atomic E-state index is 11.4. The molecule has 1 unspecified atom stereocenters. The van der Waals surface area contributed by atoms with E-state index in [9.17, 15) is 9.90 Å². The van der Waals surface area contributed by atoms with E-state index in [1.54, 1.807) is 0 Å². The quantitative estimate of drug-likeness (QED) is 0.835. The number of benzene rings is 1. The van der Waals surface area contributed by atoms with Crippen molar-refractivity contribution in [2.45, 2.75) is 11.2 Å². The minimum absolute atomic E-state index is 0.462. The summed E-state index contributed by atoms with van der Waals surface area (Å²) in [6, 6.07) is 7.36. The molecule has 1 aromatic rings. The van der Waals surface area contributed by atoms with E-state index in [-0.39, 0.29) is 0 Å². The third kappa shape index (κ3) is 1.49. The summed E-state index contributed by atoms with van der Waals surface area (Å²) < 4.78 is 4.62. The Balaban J connectivity index is 2.57. The van der Waals surface area contributed by atoms with Crippen LogP contribution in [0.25, 0.3) is 0 Å². The minimum Gasteiger partial charge on any atom is -0.493 e. The molecule has 0 spiro atoms. The lowest BCUT2D eigenvalue weighted by Gasteiger charge is -2.33. The first-order chi connectivity index (χ1) is 7.20. The van der Waals surface area contributed by atoms with Crippen molar-refractivity contribution in [2.24, 2.45) is 0 Å². The van der Waals surface area contributed by atoms with Crippen molar-refractivity contribution in [3.63, 3.8) is 0 Å². The van der Waals surface area contributed by atoms with E-state index in [1.165, 1.54) is 11.8 Å². The van der Waals surface area contributed by atoms with Gasteiger partial charge in [-0.3, -0.25) is 4.79 Å². The summed E-state index contributed by atoms with van der Waals surface area (Å²) >= 11 is 1.36. The van der Waals surface area contributed by atoms with Crippen molar-refractivity contribution in [3.05, 3.63) is 29.8 Å². The van der Waals surface area contributed by atoms with Gasteiger partial charge >= 0.3 is 5.97 Å². The lowest BCUT2D eigenvalue weighted by Crippen LogP contribution is -2.37. The number of para-hydroxylation sites is 1. The van der Waals surface area contributed by atoms with Crippen molar-refractivity contribution in [2.75, 3.05) is 12.9 Å². The van der Waals surface area contributed by atoms with Crippen LogP contribution >= 0.6 is 11.8 Å². The van der Waals surface area contributed by atoms with Crippen LogP contribution in [0.1, 0.15) is 12.0 Å². The van der Waals surface area contributed by atoms with Gasteiger partial charge in [0.1, 0.15) is 10.5 Å². The molecule has 1 aliphatic heterocycles. The first-order valence-corrected chi connectivity index (χ1v) is 5.94. The summed E-state index contributed by atoms with van der Waals surface area (Å²) in [5, 5.41) is 9.36. The number of thioether (sulfide) groups is 1. The van der Waals surface area contributed by atoms with Gasteiger partial charge in [0.05, 0.1) is 6.61 Å². The van der Waals surface area contributed by atoms with Gasteiger partial charge < -0.3 is 9.84 Å². The molecule has 15 heavy (non-hydrogen) atoms. The number of rotatable bonds is 2. The highest BCUT2D eigenvalue weighted by Crippen LogP contribution is 2.45. The summed E-state index contributed by atoms with van der Waals surface area (Å²) in [6.07, 6.45) is 2.34. The van der Waals surface area contributed by atoms with Crippen LogP contribution in [0, 0.1) is 0 Å². The predicted molar refractivity (Wildman–Crippen MR) is 59.4 cm³/mol. The Morgan fingerprint density at radius 1 is 1.53 bits per heavy atom. The lowest BCUT2D eigenvalue weighted by atomic mass is 9.92. The Hall–Kier alpha value is -1.16. The van der Waals surface area contributed by atoms with Crippen molar-refractivity contribution in [1.29, 1.82) is 0 Å². The number of carboxylic acid groups (broad SMARTS) is 1. The molecular weight excluding hydrogens is 212 g/mol. The van der Waals surface area contributed by atoms with Crippen LogP contribution in [0.2, 0.25) is 0 Å². The van der Waals surface area contributed by atoms with Crippen LogP contribution in [-0.2, 0) is 9.54 Å². The molecule has 0 amide bonds. The van der Waals surface area contributed by atoms with Gasteiger partial charge in [-0.2, -0.15) is 0 Å². The van der Waals surface area contributed by atoms with Gasteiger partial charge in [0, 0.05) is 12.0 Å². The summed E-state index contributed by atoms with van der Waals surface area (Å²) in [6.45, 7) is 0.462. The highest BCUT2D eigenvalue weighted by Gasteiger charge is 2.44. The summed E-state index contributed by atoms with van der Waals surface area (Å²) in [5.74, 6) is -0.0914. The smallest absolute Gasteiger partial charge is 0.324 e. The number of hydrogen-bond donors (Lipinski definition) is 1. The van der Waals surface area contributed by atoms with Gasteiger partial charge in [0.15, 0.2) is 0 Å². The molecule has 0 radical (unpaired) electrons. The van der Waals surface area contributed by atoms with E-state index in [4.69, 9.17) is 4.74 Å². The van der Waals surface area contributed by atoms with E-state index in [0.29, 0.717) is 18.8 Å².